The molecule has 2 N–H and O–H groups in total. The maximum atomic E-state index is 11.3. The van der Waals surface area contributed by atoms with E-state index < -0.39 is 0 Å². The lowest BCUT2D eigenvalue weighted by atomic mass is 10.3. The van der Waals surface area contributed by atoms with Crippen LogP contribution in [0, 0.1) is 0 Å². The van der Waals surface area contributed by atoms with Crippen LogP contribution in [0.5, 0.6) is 0 Å². The number of carbonyl (C=O) groups excluding carboxylic acids is 1. The Labute approximate surface area is 105 Å². The minimum atomic E-state index is 0. The van der Waals surface area contributed by atoms with Crippen molar-refractivity contribution in [3.8, 4) is 0 Å². The van der Waals surface area contributed by atoms with E-state index in [9.17, 15) is 4.79 Å². The van der Waals surface area contributed by atoms with Crippen LogP contribution in [-0.2, 0) is 9.53 Å². The molecule has 0 radical (unpaired) electrons. The lowest BCUT2D eigenvalue weighted by Gasteiger charge is -2.13. The third-order valence-corrected chi connectivity index (χ3v) is 2.05. The van der Waals surface area contributed by atoms with Gasteiger partial charge in [-0.3, -0.25) is 4.79 Å². The van der Waals surface area contributed by atoms with E-state index in [4.69, 9.17) is 4.74 Å². The van der Waals surface area contributed by atoms with Gasteiger partial charge in [-0.2, -0.15) is 0 Å². The van der Waals surface area contributed by atoms with E-state index in [2.05, 4.69) is 24.5 Å². The van der Waals surface area contributed by atoms with Crippen molar-refractivity contribution in [3.63, 3.8) is 0 Å². The molecule has 0 fully saturated rings. The Hall–Kier alpha value is -0.320. The fourth-order valence-corrected chi connectivity index (χ4v) is 1.26. The first kappa shape index (κ1) is 18.1. The van der Waals surface area contributed by atoms with Crippen LogP contribution in [0.25, 0.3) is 0 Å². The highest BCUT2D eigenvalue weighted by atomic mass is 35.5. The maximum absolute atomic E-state index is 11.3. The summed E-state index contributed by atoms with van der Waals surface area (Å²) in [6.07, 6.45) is 1.36. The largest absolute Gasteiger partial charge is 0.382 e. The Morgan fingerprint density at radius 1 is 1.38 bits per heavy atom. The molecule has 0 saturated heterocycles. The monoisotopic (exact) mass is 252 g/mol. The first-order valence-corrected chi connectivity index (χ1v) is 5.78. The molecule has 16 heavy (non-hydrogen) atoms. The van der Waals surface area contributed by atoms with Crippen molar-refractivity contribution in [1.29, 1.82) is 0 Å². The first-order chi connectivity index (χ1) is 7.20. The van der Waals surface area contributed by atoms with Crippen molar-refractivity contribution in [3.05, 3.63) is 0 Å². The van der Waals surface area contributed by atoms with Gasteiger partial charge in [0, 0.05) is 32.2 Å². The van der Waals surface area contributed by atoms with E-state index in [0.717, 1.165) is 19.6 Å². The summed E-state index contributed by atoms with van der Waals surface area (Å²) >= 11 is 0. The number of carbonyl (C=O) groups is 1. The lowest BCUT2D eigenvalue weighted by molar-refractivity contribution is -0.121. The van der Waals surface area contributed by atoms with E-state index in [-0.39, 0.29) is 18.3 Å². The topological polar surface area (TPSA) is 50.4 Å². The fourth-order valence-electron chi connectivity index (χ4n) is 1.26. The highest BCUT2D eigenvalue weighted by Gasteiger charge is 2.03. The quantitative estimate of drug-likeness (QED) is 0.609. The number of rotatable bonds is 9. The molecule has 0 aromatic rings. The predicted octanol–water partition coefficient (Wildman–Crippen LogP) is 1.34. The summed E-state index contributed by atoms with van der Waals surface area (Å²) in [7, 11) is 0. The molecule has 4 nitrogen and oxygen atoms in total. The highest BCUT2D eigenvalue weighted by Crippen LogP contribution is 1.90. The van der Waals surface area contributed by atoms with Crippen molar-refractivity contribution in [1.82, 2.24) is 10.6 Å². The Kier molecular flexibility index (Phi) is 14.4. The molecule has 0 aromatic heterocycles. The van der Waals surface area contributed by atoms with Gasteiger partial charge in [-0.1, -0.05) is 6.92 Å². The predicted molar refractivity (Wildman–Crippen MR) is 69.1 cm³/mol. The van der Waals surface area contributed by atoms with E-state index in [0.29, 0.717) is 25.6 Å². The van der Waals surface area contributed by atoms with Gasteiger partial charge in [0.15, 0.2) is 0 Å². The molecule has 0 saturated carbocycles. The zero-order valence-corrected chi connectivity index (χ0v) is 11.4. The minimum absolute atomic E-state index is 0. The molecule has 5 heteroatoms. The van der Waals surface area contributed by atoms with Crippen LogP contribution in [0.2, 0.25) is 0 Å². The van der Waals surface area contributed by atoms with Crippen LogP contribution in [0.1, 0.15) is 33.6 Å². The van der Waals surface area contributed by atoms with Gasteiger partial charge in [-0.05, 0) is 26.8 Å². The molecule has 0 aliphatic heterocycles. The number of hydrogen-bond donors (Lipinski definition) is 2. The second-order valence-corrected chi connectivity index (χ2v) is 3.56. The van der Waals surface area contributed by atoms with Crippen molar-refractivity contribution in [2.24, 2.45) is 0 Å². The molecule has 98 valence electrons. The molecule has 1 atom stereocenters. The lowest BCUT2D eigenvalue weighted by Crippen LogP contribution is -2.38. The number of amides is 1. The second-order valence-electron chi connectivity index (χ2n) is 3.56. The smallest absolute Gasteiger partial charge is 0.220 e. The van der Waals surface area contributed by atoms with Gasteiger partial charge in [0.1, 0.15) is 0 Å². The van der Waals surface area contributed by atoms with Crippen molar-refractivity contribution in [2.75, 3.05) is 26.3 Å². The van der Waals surface area contributed by atoms with Crippen LogP contribution < -0.4 is 10.6 Å². The molecule has 0 aliphatic rings. The highest BCUT2D eigenvalue weighted by molar-refractivity contribution is 5.85. The Bertz CT molecular complexity index is 168. The molecule has 0 heterocycles. The molecular weight excluding hydrogens is 228 g/mol. The summed E-state index contributed by atoms with van der Waals surface area (Å²) in [6, 6.07) is 0.339. The van der Waals surface area contributed by atoms with Crippen LogP contribution in [0.15, 0.2) is 0 Å². The van der Waals surface area contributed by atoms with E-state index in [1.807, 2.05) is 6.92 Å². The summed E-state index contributed by atoms with van der Waals surface area (Å²) in [4.78, 5) is 11.3. The van der Waals surface area contributed by atoms with Crippen molar-refractivity contribution < 1.29 is 9.53 Å². The standard InChI is InChI=1S/C11H24N2O2.ClH/c1-4-12-10(3)9-13-11(14)7-6-8-15-5-2;/h10,12H,4-9H2,1-3H3,(H,13,14);1H/t10-;/m1./s1. The molecule has 0 aliphatic carbocycles. The van der Waals surface area contributed by atoms with Crippen molar-refractivity contribution in [2.45, 2.75) is 39.7 Å². The number of likely N-dealkylation sites (N-methyl/N-ethyl adjacent to an activating group) is 1. The average Bonchev–Trinajstić information content (AvgIpc) is 2.22. The van der Waals surface area contributed by atoms with Gasteiger partial charge in [-0.15, -0.1) is 12.4 Å². The van der Waals surface area contributed by atoms with E-state index >= 15 is 0 Å². The summed E-state index contributed by atoms with van der Waals surface area (Å²) in [5, 5.41) is 6.12. The normalized spacial score (nSPS) is 11.7. The van der Waals surface area contributed by atoms with Gasteiger partial charge in [0.25, 0.3) is 0 Å². The Morgan fingerprint density at radius 3 is 2.62 bits per heavy atom. The van der Waals surface area contributed by atoms with Crippen LogP contribution >= 0.6 is 12.4 Å². The van der Waals surface area contributed by atoms with Gasteiger partial charge in [-0.25, -0.2) is 0 Å². The molecule has 0 rings (SSSR count). The SMILES string of the molecule is CCN[C@H](C)CNC(=O)CCCOCC.Cl. The van der Waals surface area contributed by atoms with Crippen molar-refractivity contribution >= 4 is 18.3 Å². The molecule has 1 amide bonds. The third-order valence-electron chi connectivity index (χ3n) is 2.05. The molecule has 0 spiro atoms. The summed E-state index contributed by atoms with van der Waals surface area (Å²) in [5.41, 5.74) is 0. The van der Waals surface area contributed by atoms with Gasteiger partial charge >= 0.3 is 0 Å². The first-order valence-electron chi connectivity index (χ1n) is 5.78. The average molecular weight is 253 g/mol. The van der Waals surface area contributed by atoms with Gasteiger partial charge in [0.05, 0.1) is 0 Å². The number of nitrogens with one attached hydrogen (secondary N) is 2. The minimum Gasteiger partial charge on any atom is -0.382 e. The van der Waals surface area contributed by atoms with Crippen LogP contribution in [0.3, 0.4) is 0 Å². The molecule has 0 unspecified atom stereocenters. The zero-order valence-electron chi connectivity index (χ0n) is 10.5. The molecular formula is C11H25ClN2O2. The zero-order chi connectivity index (χ0) is 11.5. The Morgan fingerprint density at radius 2 is 2.06 bits per heavy atom. The maximum Gasteiger partial charge on any atom is 0.220 e. The van der Waals surface area contributed by atoms with E-state index in [1.54, 1.807) is 0 Å². The number of halogens is 1. The second kappa shape index (κ2) is 12.7. The summed E-state index contributed by atoms with van der Waals surface area (Å²) in [5.74, 6) is 0.111. The molecule has 0 aromatic carbocycles. The van der Waals surface area contributed by atoms with Crippen LogP contribution in [-0.4, -0.2) is 38.3 Å². The number of hydrogen-bond acceptors (Lipinski definition) is 3. The number of ether oxygens (including phenoxy) is 1. The Balaban J connectivity index is 0. The van der Waals surface area contributed by atoms with Gasteiger partial charge < -0.3 is 15.4 Å². The summed E-state index contributed by atoms with van der Waals surface area (Å²) in [6.45, 7) is 9.09. The fraction of sp³-hybridized carbons (Fsp3) is 0.909. The third kappa shape index (κ3) is 11.8. The van der Waals surface area contributed by atoms with Crippen LogP contribution in [0.4, 0.5) is 0 Å². The molecule has 0 bridgehead atoms. The van der Waals surface area contributed by atoms with E-state index in [1.165, 1.54) is 0 Å². The van der Waals surface area contributed by atoms with Gasteiger partial charge in [0.2, 0.25) is 5.91 Å². The summed E-state index contributed by atoms with van der Waals surface area (Å²) < 4.78 is 5.16.